The van der Waals surface area contributed by atoms with Crippen molar-refractivity contribution >= 4 is 60.9 Å². The molecule has 0 aliphatic rings. The molecule has 0 unspecified atom stereocenters. The Balaban J connectivity index is 0.000000167. The Morgan fingerprint density at radius 2 is 1.33 bits per heavy atom. The van der Waals surface area contributed by atoms with Gasteiger partial charge < -0.3 is 5.11 Å². The van der Waals surface area contributed by atoms with E-state index in [0.717, 1.165) is 20.4 Å². The first-order valence-corrected chi connectivity index (χ1v) is 7.42. The third-order valence-electron chi connectivity index (χ3n) is 3.81. The van der Waals surface area contributed by atoms with Crippen molar-refractivity contribution < 1.29 is 10.2 Å². The van der Waals surface area contributed by atoms with Gasteiger partial charge in [0, 0.05) is 6.07 Å². The van der Waals surface area contributed by atoms with Crippen LogP contribution in [0.5, 0.6) is 11.5 Å². The topological polar surface area (TPSA) is 40.5 Å². The Kier molecular flexibility index (Phi) is 6.38. The van der Waals surface area contributed by atoms with Gasteiger partial charge in [0.2, 0.25) is 0 Å². The SMILES string of the molecule is Oc1[c]c2ccccc2cc1.[AlH3].[Li][c]1c(O)ccc2ccccc12. The molecule has 4 aromatic rings. The van der Waals surface area contributed by atoms with Crippen LogP contribution in [-0.4, -0.2) is 45.3 Å². The van der Waals surface area contributed by atoms with Crippen LogP contribution in [0.4, 0.5) is 0 Å². The van der Waals surface area contributed by atoms with E-state index in [1.54, 1.807) is 12.1 Å². The number of fused-ring (bicyclic) bond motifs is 2. The summed E-state index contributed by atoms with van der Waals surface area (Å²) in [5, 5.41) is 22.8. The van der Waals surface area contributed by atoms with Gasteiger partial charge in [-0.3, -0.25) is 0 Å². The fraction of sp³-hybridized carbons (Fsp3) is 0. The number of rotatable bonds is 0. The minimum atomic E-state index is 0. The van der Waals surface area contributed by atoms with Crippen LogP contribution in [-0.2, 0) is 0 Å². The molecule has 0 saturated heterocycles. The fourth-order valence-electron chi connectivity index (χ4n) is 2.52. The van der Waals surface area contributed by atoms with Crippen molar-refractivity contribution in [3.05, 3.63) is 78.9 Å². The maximum atomic E-state index is 9.42. The van der Waals surface area contributed by atoms with Gasteiger partial charge in [-0.05, 0) is 16.8 Å². The van der Waals surface area contributed by atoms with E-state index in [2.05, 4.69) is 6.07 Å². The van der Waals surface area contributed by atoms with Crippen LogP contribution >= 0.6 is 0 Å². The molecule has 1 radical (unpaired) electrons. The number of aromatic hydroxyl groups is 2. The van der Waals surface area contributed by atoms with E-state index >= 15 is 0 Å². The van der Waals surface area contributed by atoms with Gasteiger partial charge in [-0.1, -0.05) is 30.3 Å². The summed E-state index contributed by atoms with van der Waals surface area (Å²) >= 11 is 1.93. The number of benzene rings is 4. The first-order chi connectivity index (χ1) is 11.1. The first kappa shape index (κ1) is 18.5. The van der Waals surface area contributed by atoms with Crippen molar-refractivity contribution in [1.82, 2.24) is 0 Å². The molecule has 0 spiro atoms. The molecule has 4 rings (SSSR count). The van der Waals surface area contributed by atoms with Gasteiger partial charge in [-0.15, -0.1) is 0 Å². The molecule has 24 heavy (non-hydrogen) atoms. The second kappa shape index (κ2) is 8.29. The molecule has 0 fully saturated rings. The molecule has 0 bridgehead atoms. The summed E-state index contributed by atoms with van der Waals surface area (Å²) in [7, 11) is 0. The average molecular weight is 323 g/mol. The zero-order chi connectivity index (χ0) is 16.2. The third-order valence-corrected chi connectivity index (χ3v) is 3.81. The van der Waals surface area contributed by atoms with E-state index in [9.17, 15) is 5.11 Å². The van der Waals surface area contributed by atoms with Crippen molar-refractivity contribution in [2.45, 2.75) is 0 Å². The van der Waals surface area contributed by atoms with Crippen LogP contribution in [0.3, 0.4) is 0 Å². The molecule has 0 amide bonds. The molecule has 2 nitrogen and oxygen atoms in total. The Labute approximate surface area is 161 Å². The molecular formula is C20H17AlLiO2. The molecule has 0 saturated carbocycles. The molecule has 0 atom stereocenters. The van der Waals surface area contributed by atoms with E-state index in [1.807, 2.05) is 78.4 Å². The molecule has 0 aliphatic carbocycles. The second-order valence-corrected chi connectivity index (χ2v) is 5.36. The standard InChI is InChI=1S/2C10H7O.Al.Li.3H/c2*11-10-6-5-8-3-1-2-4-9(8)7-10;;;;;/h2*1-6,11H;;;;;. The molecule has 4 heteroatoms. The summed E-state index contributed by atoms with van der Waals surface area (Å²) < 4.78 is 0.952. The third kappa shape index (κ3) is 4.15. The van der Waals surface area contributed by atoms with Gasteiger partial charge in [-0.25, -0.2) is 0 Å². The van der Waals surface area contributed by atoms with Crippen LogP contribution in [0, 0.1) is 6.07 Å². The molecule has 113 valence electrons. The van der Waals surface area contributed by atoms with Crippen molar-refractivity contribution in [3.63, 3.8) is 0 Å². The Bertz CT molecular complexity index is 970. The van der Waals surface area contributed by atoms with Crippen LogP contribution < -0.4 is 4.24 Å². The van der Waals surface area contributed by atoms with E-state index in [-0.39, 0.29) is 23.1 Å². The quantitative estimate of drug-likeness (QED) is 0.488. The summed E-state index contributed by atoms with van der Waals surface area (Å²) in [5.41, 5.74) is 0. The van der Waals surface area contributed by atoms with Crippen LogP contribution in [0.25, 0.3) is 21.5 Å². The van der Waals surface area contributed by atoms with Crippen LogP contribution in [0.15, 0.2) is 72.8 Å². The molecule has 4 aromatic carbocycles. The van der Waals surface area contributed by atoms with E-state index in [4.69, 9.17) is 5.11 Å². The zero-order valence-corrected chi connectivity index (χ0v) is 12.8. The summed E-state index contributed by atoms with van der Waals surface area (Å²) in [6, 6.07) is 25.9. The molecule has 2 N–H and O–H groups in total. The van der Waals surface area contributed by atoms with Crippen molar-refractivity contribution in [1.29, 1.82) is 0 Å². The summed E-state index contributed by atoms with van der Waals surface area (Å²) in [5.74, 6) is 0.567. The monoisotopic (exact) mass is 323 g/mol. The Morgan fingerprint density at radius 1 is 0.708 bits per heavy atom. The van der Waals surface area contributed by atoms with Gasteiger partial charge in [0.25, 0.3) is 0 Å². The number of phenolic OH excluding ortho intramolecular Hbond substituents is 2. The average Bonchev–Trinajstić information content (AvgIpc) is 2.59. The number of hydrogen-bond donors (Lipinski definition) is 2. The summed E-state index contributed by atoms with van der Waals surface area (Å²) in [6.07, 6.45) is 0. The van der Waals surface area contributed by atoms with E-state index in [0.29, 0.717) is 5.75 Å². The van der Waals surface area contributed by atoms with Gasteiger partial charge in [0.1, 0.15) is 5.75 Å². The minimum absolute atomic E-state index is 0. The van der Waals surface area contributed by atoms with Crippen LogP contribution in [0.2, 0.25) is 0 Å². The van der Waals surface area contributed by atoms with Crippen LogP contribution in [0.1, 0.15) is 0 Å². The van der Waals surface area contributed by atoms with Gasteiger partial charge >= 0.3 is 80.0 Å². The van der Waals surface area contributed by atoms with Crippen molar-refractivity contribution in [3.8, 4) is 11.5 Å². The van der Waals surface area contributed by atoms with Gasteiger partial charge in [-0.2, -0.15) is 0 Å². The summed E-state index contributed by atoms with van der Waals surface area (Å²) in [6.45, 7) is 0. The number of hydrogen-bond acceptors (Lipinski definition) is 2. The molecule has 0 aliphatic heterocycles. The van der Waals surface area contributed by atoms with Crippen molar-refractivity contribution in [2.75, 3.05) is 0 Å². The number of phenols is 2. The predicted molar refractivity (Wildman–Crippen MR) is 105 cm³/mol. The molecule has 0 heterocycles. The molecule has 0 aromatic heterocycles. The second-order valence-electron chi connectivity index (χ2n) is 5.36. The molecular weight excluding hydrogens is 306 g/mol. The fourth-order valence-corrected chi connectivity index (χ4v) is 2.52. The Hall–Kier alpha value is -1.87. The van der Waals surface area contributed by atoms with Gasteiger partial charge in [0.05, 0.1) is 0 Å². The van der Waals surface area contributed by atoms with E-state index < -0.39 is 0 Å². The van der Waals surface area contributed by atoms with Gasteiger partial charge in [0.15, 0.2) is 17.4 Å². The maximum absolute atomic E-state index is 9.42. The first-order valence-electron chi connectivity index (χ1n) is 7.42. The Morgan fingerprint density at radius 3 is 2.12 bits per heavy atom. The predicted octanol–water partition coefficient (Wildman–Crippen LogP) is 2.50. The zero-order valence-electron chi connectivity index (χ0n) is 12.8. The summed E-state index contributed by atoms with van der Waals surface area (Å²) in [4.78, 5) is 0. The van der Waals surface area contributed by atoms with E-state index in [1.165, 1.54) is 5.39 Å². The van der Waals surface area contributed by atoms with Crippen molar-refractivity contribution in [2.24, 2.45) is 0 Å². The normalized spacial score (nSPS) is 9.92.